The number of ether oxygens (including phenoxy) is 1. The molecule has 1 aliphatic rings. The smallest absolute Gasteiger partial charge is 0.119 e. The summed E-state index contributed by atoms with van der Waals surface area (Å²) in [5.74, 6) is 1.52. The number of rotatable bonds is 5. The number of likely N-dealkylation sites (tertiary alicyclic amines) is 1. The number of benzene rings is 1. The molecule has 0 saturated carbocycles. The molecule has 0 N–H and O–H groups in total. The van der Waals surface area contributed by atoms with Crippen molar-refractivity contribution in [1.82, 2.24) is 4.90 Å². The van der Waals surface area contributed by atoms with Crippen LogP contribution in [-0.2, 0) is 0 Å². The van der Waals surface area contributed by atoms with Gasteiger partial charge in [-0.05, 0) is 65.2 Å². The van der Waals surface area contributed by atoms with Gasteiger partial charge < -0.3 is 4.74 Å². The van der Waals surface area contributed by atoms with Crippen molar-refractivity contribution >= 4 is 0 Å². The lowest BCUT2D eigenvalue weighted by atomic mass is 10.0. The van der Waals surface area contributed by atoms with Crippen LogP contribution in [0.15, 0.2) is 24.3 Å². The van der Waals surface area contributed by atoms with Crippen molar-refractivity contribution in [2.45, 2.75) is 65.5 Å². The second kappa shape index (κ2) is 6.00. The molecule has 21 heavy (non-hydrogen) atoms. The monoisotopic (exact) mass is 289 g/mol. The summed E-state index contributed by atoms with van der Waals surface area (Å²) in [5.41, 5.74) is 1.87. The third-order valence-corrected chi connectivity index (χ3v) is 4.83. The Morgan fingerprint density at radius 2 is 1.76 bits per heavy atom. The minimum absolute atomic E-state index is 0.307. The Kier molecular flexibility index (Phi) is 4.67. The van der Waals surface area contributed by atoms with Gasteiger partial charge in [-0.15, -0.1) is 0 Å². The average molecular weight is 289 g/mol. The molecule has 2 heteroatoms. The van der Waals surface area contributed by atoms with E-state index in [1.165, 1.54) is 18.4 Å². The average Bonchev–Trinajstić information content (AvgIpc) is 2.60. The van der Waals surface area contributed by atoms with Crippen molar-refractivity contribution in [3.8, 4) is 5.75 Å². The van der Waals surface area contributed by atoms with Crippen molar-refractivity contribution < 1.29 is 4.74 Å². The van der Waals surface area contributed by atoms with E-state index in [-0.39, 0.29) is 0 Å². The van der Waals surface area contributed by atoms with Crippen LogP contribution in [0, 0.1) is 12.8 Å². The predicted octanol–water partition coefficient (Wildman–Crippen LogP) is 4.66. The minimum atomic E-state index is 0.307. The zero-order chi connectivity index (χ0) is 15.7. The molecule has 118 valence electrons. The summed E-state index contributed by atoms with van der Waals surface area (Å²) in [5, 5.41) is 0. The normalized spacial score (nSPS) is 22.2. The second-order valence-corrected chi connectivity index (χ2v) is 7.97. The molecule has 1 unspecified atom stereocenters. The van der Waals surface area contributed by atoms with Gasteiger partial charge in [-0.25, -0.2) is 0 Å². The topological polar surface area (TPSA) is 12.5 Å². The molecule has 0 radical (unpaired) electrons. The molecule has 0 aliphatic carbocycles. The van der Waals surface area contributed by atoms with E-state index >= 15 is 0 Å². The number of hydrogen-bond donors (Lipinski definition) is 0. The Labute approximate surface area is 130 Å². The SMILES string of the molecule is Cc1cccc(OCC(C)CN2C(C)(C)CCC2(C)C)c1. The first-order valence-corrected chi connectivity index (χ1v) is 8.18. The number of hydrogen-bond acceptors (Lipinski definition) is 2. The van der Waals surface area contributed by atoms with E-state index in [9.17, 15) is 0 Å². The quantitative estimate of drug-likeness (QED) is 0.781. The van der Waals surface area contributed by atoms with Crippen LogP contribution in [0.3, 0.4) is 0 Å². The molecule has 0 spiro atoms. The lowest BCUT2D eigenvalue weighted by molar-refractivity contribution is 0.0532. The first-order valence-electron chi connectivity index (χ1n) is 8.18. The van der Waals surface area contributed by atoms with Crippen molar-refractivity contribution in [2.75, 3.05) is 13.2 Å². The van der Waals surface area contributed by atoms with Crippen molar-refractivity contribution in [3.63, 3.8) is 0 Å². The third-order valence-electron chi connectivity index (χ3n) is 4.83. The summed E-state index contributed by atoms with van der Waals surface area (Å²) in [6, 6.07) is 8.31. The molecule has 1 heterocycles. The van der Waals surface area contributed by atoms with E-state index in [2.05, 4.69) is 64.6 Å². The molecule has 1 fully saturated rings. The zero-order valence-electron chi connectivity index (χ0n) is 14.6. The van der Waals surface area contributed by atoms with Gasteiger partial charge in [0.2, 0.25) is 0 Å². The fraction of sp³-hybridized carbons (Fsp3) is 0.684. The van der Waals surface area contributed by atoms with Crippen LogP contribution in [-0.4, -0.2) is 29.1 Å². The minimum Gasteiger partial charge on any atom is -0.493 e. The Morgan fingerprint density at radius 1 is 1.14 bits per heavy atom. The maximum Gasteiger partial charge on any atom is 0.119 e. The molecule has 1 aromatic carbocycles. The Balaban J connectivity index is 1.91. The summed E-state index contributed by atoms with van der Waals surface area (Å²) in [6.07, 6.45) is 2.57. The maximum atomic E-state index is 5.97. The second-order valence-electron chi connectivity index (χ2n) is 7.97. The van der Waals surface area contributed by atoms with E-state index < -0.39 is 0 Å². The van der Waals surface area contributed by atoms with Crippen LogP contribution in [0.25, 0.3) is 0 Å². The van der Waals surface area contributed by atoms with Crippen LogP contribution in [0.4, 0.5) is 0 Å². The van der Waals surface area contributed by atoms with Crippen molar-refractivity contribution in [2.24, 2.45) is 5.92 Å². The van der Waals surface area contributed by atoms with E-state index in [4.69, 9.17) is 4.74 Å². The molecule has 1 saturated heterocycles. The van der Waals surface area contributed by atoms with E-state index in [1.54, 1.807) is 0 Å². The largest absolute Gasteiger partial charge is 0.493 e. The van der Waals surface area contributed by atoms with E-state index in [0.29, 0.717) is 17.0 Å². The highest BCUT2D eigenvalue weighted by Gasteiger charge is 2.44. The zero-order valence-corrected chi connectivity index (χ0v) is 14.6. The fourth-order valence-electron chi connectivity index (χ4n) is 3.50. The summed E-state index contributed by atoms with van der Waals surface area (Å²) in [4.78, 5) is 2.67. The lowest BCUT2D eigenvalue weighted by Crippen LogP contribution is -2.50. The Bertz CT molecular complexity index is 462. The number of aryl methyl sites for hydroxylation is 1. The van der Waals surface area contributed by atoms with Gasteiger partial charge in [-0.1, -0.05) is 19.1 Å². The molecule has 1 aliphatic heterocycles. The molecule has 2 rings (SSSR count). The molecular weight excluding hydrogens is 258 g/mol. The van der Waals surface area contributed by atoms with Crippen molar-refractivity contribution in [3.05, 3.63) is 29.8 Å². The molecule has 0 aromatic heterocycles. The van der Waals surface area contributed by atoms with Crippen LogP contribution in [0.1, 0.15) is 53.0 Å². The molecule has 0 bridgehead atoms. The lowest BCUT2D eigenvalue weighted by Gasteiger charge is -2.42. The van der Waals surface area contributed by atoms with Crippen LogP contribution in [0.5, 0.6) is 5.75 Å². The molecule has 0 amide bonds. The number of nitrogens with zero attached hydrogens (tertiary/aromatic N) is 1. The summed E-state index contributed by atoms with van der Waals surface area (Å²) in [7, 11) is 0. The fourth-order valence-corrected chi connectivity index (χ4v) is 3.50. The van der Waals surface area contributed by atoms with Gasteiger partial charge in [0, 0.05) is 23.5 Å². The van der Waals surface area contributed by atoms with Gasteiger partial charge in [0.25, 0.3) is 0 Å². The Hall–Kier alpha value is -1.02. The first-order chi connectivity index (χ1) is 9.71. The van der Waals surface area contributed by atoms with Crippen molar-refractivity contribution in [1.29, 1.82) is 0 Å². The summed E-state index contributed by atoms with van der Waals surface area (Å²) < 4.78 is 5.97. The summed E-state index contributed by atoms with van der Waals surface area (Å²) in [6.45, 7) is 15.8. The highest BCUT2D eigenvalue weighted by atomic mass is 16.5. The van der Waals surface area contributed by atoms with Gasteiger partial charge in [0.15, 0.2) is 0 Å². The van der Waals surface area contributed by atoms with Crippen LogP contribution in [0.2, 0.25) is 0 Å². The first kappa shape index (κ1) is 16.4. The van der Waals surface area contributed by atoms with Crippen LogP contribution < -0.4 is 4.74 Å². The maximum absolute atomic E-state index is 5.97. The van der Waals surface area contributed by atoms with E-state index in [1.807, 2.05) is 6.07 Å². The highest BCUT2D eigenvalue weighted by molar-refractivity contribution is 5.27. The van der Waals surface area contributed by atoms with Gasteiger partial charge in [-0.2, -0.15) is 0 Å². The third kappa shape index (κ3) is 4.00. The highest BCUT2D eigenvalue weighted by Crippen LogP contribution is 2.40. The Morgan fingerprint density at radius 3 is 2.33 bits per heavy atom. The van der Waals surface area contributed by atoms with Crippen LogP contribution >= 0.6 is 0 Å². The summed E-state index contributed by atoms with van der Waals surface area (Å²) >= 11 is 0. The predicted molar refractivity (Wildman–Crippen MR) is 89.9 cm³/mol. The molecule has 1 atom stereocenters. The van der Waals surface area contributed by atoms with Gasteiger partial charge in [-0.3, -0.25) is 4.90 Å². The van der Waals surface area contributed by atoms with Gasteiger partial charge in [0.1, 0.15) is 5.75 Å². The standard InChI is InChI=1S/C19H31NO/c1-15-8-7-9-17(12-15)21-14-16(2)13-20-18(3,4)10-11-19(20,5)6/h7-9,12,16H,10-11,13-14H2,1-6H3. The molecule has 2 nitrogen and oxygen atoms in total. The van der Waals surface area contributed by atoms with Gasteiger partial charge in [0.05, 0.1) is 6.61 Å². The van der Waals surface area contributed by atoms with E-state index in [0.717, 1.165) is 18.9 Å². The van der Waals surface area contributed by atoms with Gasteiger partial charge >= 0.3 is 0 Å². The molecular formula is C19H31NO. The molecule has 1 aromatic rings.